The molecule has 90 valence electrons. The van der Waals surface area contributed by atoms with Crippen LogP contribution in [0.4, 0.5) is 0 Å². The minimum absolute atomic E-state index is 0.553. The van der Waals surface area contributed by atoms with Gasteiger partial charge in [-0.25, -0.2) is 4.57 Å². The third-order valence-electron chi connectivity index (χ3n) is 2.25. The maximum atomic E-state index is 11.8. The molecule has 0 saturated heterocycles. The standard InChI is InChI=1S/C11H17O4P/c1-8-6-9(2)11(10(3)7-8)15-16(12,13-4)14-5/h6-7H,1-5H3. The van der Waals surface area contributed by atoms with Crippen LogP contribution in [0, 0.1) is 20.8 Å². The normalized spacial score (nSPS) is 11.6. The first-order valence-corrected chi connectivity index (χ1v) is 6.37. The van der Waals surface area contributed by atoms with E-state index in [1.54, 1.807) is 0 Å². The fourth-order valence-electron chi connectivity index (χ4n) is 1.57. The molecule has 0 heterocycles. The van der Waals surface area contributed by atoms with Crippen LogP contribution in [0.15, 0.2) is 12.1 Å². The van der Waals surface area contributed by atoms with Gasteiger partial charge in [0.2, 0.25) is 0 Å². The van der Waals surface area contributed by atoms with Gasteiger partial charge in [0.05, 0.1) is 0 Å². The zero-order valence-corrected chi connectivity index (χ0v) is 11.1. The summed E-state index contributed by atoms with van der Waals surface area (Å²) in [6.07, 6.45) is 0. The Kier molecular flexibility index (Phi) is 4.14. The highest BCUT2D eigenvalue weighted by atomic mass is 31.2. The maximum absolute atomic E-state index is 11.8. The van der Waals surface area contributed by atoms with E-state index in [0.29, 0.717) is 5.75 Å². The van der Waals surface area contributed by atoms with Crippen LogP contribution in [0.2, 0.25) is 0 Å². The molecular weight excluding hydrogens is 227 g/mol. The van der Waals surface area contributed by atoms with E-state index in [-0.39, 0.29) is 0 Å². The molecule has 5 heteroatoms. The molecule has 16 heavy (non-hydrogen) atoms. The fraction of sp³-hybridized carbons (Fsp3) is 0.455. The molecule has 0 N–H and O–H groups in total. The quantitative estimate of drug-likeness (QED) is 0.761. The van der Waals surface area contributed by atoms with Crippen LogP contribution < -0.4 is 4.52 Å². The van der Waals surface area contributed by atoms with Crippen molar-refractivity contribution in [3.05, 3.63) is 28.8 Å². The van der Waals surface area contributed by atoms with E-state index >= 15 is 0 Å². The molecular formula is C11H17O4P. The van der Waals surface area contributed by atoms with E-state index in [4.69, 9.17) is 13.6 Å². The van der Waals surface area contributed by atoms with Crippen molar-refractivity contribution in [3.8, 4) is 5.75 Å². The Bertz CT molecular complexity index is 397. The smallest absolute Gasteiger partial charge is 0.403 e. The zero-order chi connectivity index (χ0) is 12.3. The van der Waals surface area contributed by atoms with Gasteiger partial charge in [-0.15, -0.1) is 0 Å². The van der Waals surface area contributed by atoms with Crippen LogP contribution in [0.25, 0.3) is 0 Å². The third-order valence-corrected chi connectivity index (χ3v) is 3.56. The van der Waals surface area contributed by atoms with Gasteiger partial charge in [-0.3, -0.25) is 9.05 Å². The largest absolute Gasteiger partial charge is 0.529 e. The summed E-state index contributed by atoms with van der Waals surface area (Å²) < 4.78 is 26.7. The Balaban J connectivity index is 3.11. The van der Waals surface area contributed by atoms with Crippen molar-refractivity contribution >= 4 is 7.82 Å². The Morgan fingerprint density at radius 1 is 1.00 bits per heavy atom. The number of aryl methyl sites for hydroxylation is 3. The molecule has 0 fully saturated rings. The van der Waals surface area contributed by atoms with E-state index in [1.165, 1.54) is 14.2 Å². The second-order valence-corrected chi connectivity index (χ2v) is 5.44. The van der Waals surface area contributed by atoms with Crippen molar-refractivity contribution in [1.29, 1.82) is 0 Å². The Morgan fingerprint density at radius 2 is 1.44 bits per heavy atom. The van der Waals surface area contributed by atoms with Gasteiger partial charge in [0.1, 0.15) is 5.75 Å². The second kappa shape index (κ2) is 5.00. The molecule has 0 aliphatic rings. The summed E-state index contributed by atoms with van der Waals surface area (Å²) in [5.41, 5.74) is 2.95. The summed E-state index contributed by atoms with van der Waals surface area (Å²) in [5, 5.41) is 0. The first kappa shape index (κ1) is 13.2. The number of rotatable bonds is 4. The molecule has 1 aromatic rings. The predicted octanol–water partition coefficient (Wildman–Crippen LogP) is 3.39. The number of phosphoric acid groups is 1. The minimum Gasteiger partial charge on any atom is -0.403 e. The van der Waals surface area contributed by atoms with E-state index in [2.05, 4.69) is 0 Å². The van der Waals surface area contributed by atoms with Crippen molar-refractivity contribution in [3.63, 3.8) is 0 Å². The van der Waals surface area contributed by atoms with Gasteiger partial charge in [0, 0.05) is 14.2 Å². The summed E-state index contributed by atoms with van der Waals surface area (Å²) in [6, 6.07) is 3.91. The first-order valence-electron chi connectivity index (χ1n) is 4.91. The molecule has 0 radical (unpaired) electrons. The number of hydrogen-bond donors (Lipinski definition) is 0. The van der Waals surface area contributed by atoms with Crippen molar-refractivity contribution in [1.82, 2.24) is 0 Å². The lowest BCUT2D eigenvalue weighted by Gasteiger charge is -2.17. The summed E-state index contributed by atoms with van der Waals surface area (Å²) in [6.45, 7) is 5.78. The van der Waals surface area contributed by atoms with Gasteiger partial charge < -0.3 is 4.52 Å². The molecule has 0 bridgehead atoms. The van der Waals surface area contributed by atoms with Crippen molar-refractivity contribution < 1.29 is 18.1 Å². The van der Waals surface area contributed by atoms with E-state index < -0.39 is 7.82 Å². The Labute approximate surface area is 96.1 Å². The highest BCUT2D eigenvalue weighted by molar-refractivity contribution is 7.48. The van der Waals surface area contributed by atoms with Crippen LogP contribution in [0.3, 0.4) is 0 Å². The van der Waals surface area contributed by atoms with E-state index in [9.17, 15) is 4.57 Å². The lowest BCUT2D eigenvalue weighted by atomic mass is 10.1. The van der Waals surface area contributed by atoms with Crippen LogP contribution >= 0.6 is 7.82 Å². The van der Waals surface area contributed by atoms with Gasteiger partial charge in [-0.2, -0.15) is 0 Å². The number of phosphoric ester groups is 1. The topological polar surface area (TPSA) is 44.8 Å². The SMILES string of the molecule is COP(=O)(OC)Oc1c(C)cc(C)cc1C. The summed E-state index contributed by atoms with van der Waals surface area (Å²) in [4.78, 5) is 0. The van der Waals surface area contributed by atoms with E-state index in [0.717, 1.165) is 16.7 Å². The van der Waals surface area contributed by atoms with Crippen molar-refractivity contribution in [2.45, 2.75) is 20.8 Å². The highest BCUT2D eigenvalue weighted by Crippen LogP contribution is 2.49. The minimum atomic E-state index is -3.47. The first-order chi connectivity index (χ1) is 7.41. The van der Waals surface area contributed by atoms with Gasteiger partial charge in [-0.05, 0) is 31.9 Å². The molecule has 1 aromatic carbocycles. The zero-order valence-electron chi connectivity index (χ0n) is 10.2. The van der Waals surface area contributed by atoms with Crippen LogP contribution in [0.5, 0.6) is 5.75 Å². The summed E-state index contributed by atoms with van der Waals surface area (Å²) >= 11 is 0. The lowest BCUT2D eigenvalue weighted by Crippen LogP contribution is -2.00. The average Bonchev–Trinajstić information content (AvgIpc) is 2.23. The maximum Gasteiger partial charge on any atom is 0.529 e. The number of benzene rings is 1. The van der Waals surface area contributed by atoms with Gasteiger partial charge in [0.25, 0.3) is 0 Å². The van der Waals surface area contributed by atoms with Crippen LogP contribution in [-0.4, -0.2) is 14.2 Å². The lowest BCUT2D eigenvalue weighted by molar-refractivity contribution is 0.210. The van der Waals surface area contributed by atoms with Gasteiger partial charge >= 0.3 is 7.82 Å². The molecule has 0 saturated carbocycles. The van der Waals surface area contributed by atoms with Gasteiger partial charge in [0.15, 0.2) is 0 Å². The molecule has 0 aliphatic carbocycles. The molecule has 4 nitrogen and oxygen atoms in total. The second-order valence-electron chi connectivity index (χ2n) is 3.63. The molecule has 0 aliphatic heterocycles. The molecule has 0 unspecified atom stereocenters. The molecule has 0 spiro atoms. The average molecular weight is 244 g/mol. The Hall–Kier alpha value is -0.830. The van der Waals surface area contributed by atoms with Gasteiger partial charge in [-0.1, -0.05) is 17.7 Å². The fourth-order valence-corrected chi connectivity index (χ4v) is 2.38. The summed E-state index contributed by atoms with van der Waals surface area (Å²) in [5.74, 6) is 0.553. The van der Waals surface area contributed by atoms with Crippen molar-refractivity contribution in [2.24, 2.45) is 0 Å². The molecule has 0 atom stereocenters. The monoisotopic (exact) mass is 244 g/mol. The molecule has 0 amide bonds. The predicted molar refractivity (Wildman–Crippen MR) is 62.9 cm³/mol. The summed E-state index contributed by atoms with van der Waals surface area (Å²) in [7, 11) is -0.882. The van der Waals surface area contributed by atoms with Crippen molar-refractivity contribution in [2.75, 3.05) is 14.2 Å². The Morgan fingerprint density at radius 3 is 1.81 bits per heavy atom. The van der Waals surface area contributed by atoms with Crippen LogP contribution in [-0.2, 0) is 13.6 Å². The molecule has 1 rings (SSSR count). The number of hydrogen-bond acceptors (Lipinski definition) is 4. The third kappa shape index (κ3) is 2.85. The van der Waals surface area contributed by atoms with E-state index in [1.807, 2.05) is 32.9 Å². The highest BCUT2D eigenvalue weighted by Gasteiger charge is 2.26. The van der Waals surface area contributed by atoms with Crippen LogP contribution in [0.1, 0.15) is 16.7 Å². The molecule has 0 aromatic heterocycles.